The molecule has 5 aromatic rings. The third-order valence-electron chi connectivity index (χ3n) is 10.9. The second-order valence-corrected chi connectivity index (χ2v) is 16.1. The highest BCUT2D eigenvalue weighted by molar-refractivity contribution is 5.82. The lowest BCUT2D eigenvalue weighted by Gasteiger charge is -2.29. The van der Waals surface area contributed by atoms with Crippen molar-refractivity contribution in [3.05, 3.63) is 143 Å². The number of carboxylic acid groups (broad SMARTS) is 1. The quantitative estimate of drug-likeness (QED) is 0.0452. The Morgan fingerprint density at radius 3 is 1.70 bits per heavy atom. The summed E-state index contributed by atoms with van der Waals surface area (Å²) in [6.45, 7) is 5.21. The summed E-state index contributed by atoms with van der Waals surface area (Å²) in [5, 5.41) is 13.3. The Morgan fingerprint density at radius 2 is 1.21 bits per heavy atom. The van der Waals surface area contributed by atoms with Crippen molar-refractivity contribution in [2.75, 3.05) is 26.9 Å². The number of hydrogen-bond acceptors (Lipinski definition) is 9. The van der Waals surface area contributed by atoms with E-state index in [4.69, 9.17) is 23.7 Å². The molecule has 0 bridgehead atoms. The van der Waals surface area contributed by atoms with Gasteiger partial charge in [-0.3, -0.25) is 4.90 Å². The average molecular weight is 827 g/mol. The van der Waals surface area contributed by atoms with Crippen LogP contribution < -0.4 is 14.8 Å². The smallest absolute Gasteiger partial charge is 0.497 e. The summed E-state index contributed by atoms with van der Waals surface area (Å²) in [6, 6.07) is 35.2. The maximum absolute atomic E-state index is 14.3. The molecule has 2 amide bonds. The molecule has 12 nitrogen and oxygen atoms in total. The van der Waals surface area contributed by atoms with Crippen LogP contribution in [0.25, 0.3) is 22.3 Å². The number of benzene rings is 5. The number of rotatable bonds is 15. The van der Waals surface area contributed by atoms with Crippen molar-refractivity contribution in [3.63, 3.8) is 0 Å². The van der Waals surface area contributed by atoms with Gasteiger partial charge in [0.15, 0.2) is 0 Å². The maximum Gasteiger partial charge on any atom is 0.513 e. The van der Waals surface area contributed by atoms with Crippen molar-refractivity contribution < 1.29 is 48.0 Å². The molecule has 0 radical (unpaired) electrons. The number of fused-ring (bicyclic) bond motifs is 6. The van der Waals surface area contributed by atoms with E-state index in [9.17, 15) is 24.3 Å². The molecule has 316 valence electrons. The summed E-state index contributed by atoms with van der Waals surface area (Å²) in [5.41, 5.74) is 7.99. The zero-order valence-electron chi connectivity index (χ0n) is 34.7. The lowest BCUT2D eigenvalue weighted by Crippen LogP contribution is -2.45. The molecule has 0 fully saturated rings. The van der Waals surface area contributed by atoms with Crippen LogP contribution in [0.4, 0.5) is 14.4 Å². The SMILES string of the molecule is COc1ccc(CN(C(=O)OCC2c3ccccc3-c3ccccc32)C(CCCCNC(=O)OC(C)(C)C)C(=O)O)c(OC(=O)OCC2c3ccccc3-c3ccccc32)c1. The number of carbonyl (C=O) groups is 4. The summed E-state index contributed by atoms with van der Waals surface area (Å²) in [6.07, 6.45) is -1.62. The van der Waals surface area contributed by atoms with Crippen molar-refractivity contribution in [1.29, 1.82) is 0 Å². The Hall–Kier alpha value is -6.82. The highest BCUT2D eigenvalue weighted by Gasteiger charge is 2.35. The molecule has 2 aliphatic carbocycles. The van der Waals surface area contributed by atoms with Crippen molar-refractivity contribution in [2.24, 2.45) is 0 Å². The van der Waals surface area contributed by atoms with Gasteiger partial charge in [-0.05, 0) is 96.7 Å². The number of nitrogens with zero attached hydrogens (tertiary/aromatic N) is 1. The van der Waals surface area contributed by atoms with Gasteiger partial charge >= 0.3 is 24.3 Å². The highest BCUT2D eigenvalue weighted by Crippen LogP contribution is 2.46. The van der Waals surface area contributed by atoms with E-state index in [1.807, 2.05) is 97.1 Å². The predicted molar refractivity (Wildman–Crippen MR) is 229 cm³/mol. The fourth-order valence-electron chi connectivity index (χ4n) is 8.14. The topological polar surface area (TPSA) is 150 Å². The van der Waals surface area contributed by atoms with E-state index < -0.39 is 36.0 Å². The van der Waals surface area contributed by atoms with Gasteiger partial charge in [0.05, 0.1) is 13.7 Å². The van der Waals surface area contributed by atoms with Gasteiger partial charge < -0.3 is 34.1 Å². The standard InChI is InChI=1S/C49H50N2O10/c1-49(2,3)61-46(54)50-26-14-13-23-43(45(52)53)51(47(55)58-29-41-37-19-9-5-15-33(37)34-16-6-10-20-38(34)41)28-31-24-25-32(57-4)27-44(31)60-48(56)59-30-42-39-21-11-7-17-35(39)36-18-8-12-22-40(36)42/h5-12,15-22,24-25,27,41-43H,13-14,23,26,28-30H2,1-4H3,(H,50,54)(H,52,53). The van der Waals surface area contributed by atoms with Crippen molar-refractivity contribution in [1.82, 2.24) is 10.2 Å². The van der Waals surface area contributed by atoms with Crippen LogP contribution in [0.2, 0.25) is 0 Å². The molecule has 2 N–H and O–H groups in total. The number of amides is 2. The van der Waals surface area contributed by atoms with Gasteiger partial charge in [0.25, 0.3) is 0 Å². The predicted octanol–water partition coefficient (Wildman–Crippen LogP) is 9.92. The summed E-state index contributed by atoms with van der Waals surface area (Å²) < 4.78 is 28.3. The van der Waals surface area contributed by atoms with Crippen LogP contribution in [-0.4, -0.2) is 72.8 Å². The lowest BCUT2D eigenvalue weighted by atomic mass is 9.98. The van der Waals surface area contributed by atoms with Crippen molar-refractivity contribution in [3.8, 4) is 33.8 Å². The zero-order valence-corrected chi connectivity index (χ0v) is 34.7. The van der Waals surface area contributed by atoms with Crippen LogP contribution in [0, 0.1) is 0 Å². The second kappa shape index (κ2) is 18.6. The first-order chi connectivity index (χ1) is 29.4. The lowest BCUT2D eigenvalue weighted by molar-refractivity contribution is -0.143. The maximum atomic E-state index is 14.3. The summed E-state index contributed by atoms with van der Waals surface area (Å²) in [7, 11) is 1.47. The van der Waals surface area contributed by atoms with Crippen LogP contribution in [0.5, 0.6) is 11.5 Å². The van der Waals surface area contributed by atoms with Crippen LogP contribution >= 0.6 is 0 Å². The summed E-state index contributed by atoms with van der Waals surface area (Å²) in [5.74, 6) is -1.33. The number of aliphatic carboxylic acids is 1. The average Bonchev–Trinajstić information content (AvgIpc) is 3.74. The molecular weight excluding hydrogens is 777 g/mol. The number of carbonyl (C=O) groups excluding carboxylic acids is 3. The number of hydrogen-bond donors (Lipinski definition) is 2. The Balaban J connectivity index is 1.10. The van der Waals surface area contributed by atoms with E-state index in [2.05, 4.69) is 5.32 Å². The molecular formula is C49H50N2O10. The molecule has 0 heterocycles. The Labute approximate surface area is 355 Å². The highest BCUT2D eigenvalue weighted by atomic mass is 16.7. The molecule has 0 saturated heterocycles. The fourth-order valence-corrected chi connectivity index (χ4v) is 8.14. The number of methoxy groups -OCH3 is 1. The first kappa shape index (κ1) is 42.3. The molecule has 0 aromatic heterocycles. The van der Waals surface area contributed by atoms with E-state index in [1.165, 1.54) is 13.2 Å². The van der Waals surface area contributed by atoms with Crippen LogP contribution in [0.15, 0.2) is 115 Å². The zero-order chi connectivity index (χ0) is 43.1. The molecule has 2 aliphatic rings. The first-order valence-electron chi connectivity index (χ1n) is 20.4. The van der Waals surface area contributed by atoms with E-state index in [0.29, 0.717) is 24.2 Å². The minimum Gasteiger partial charge on any atom is -0.497 e. The first-order valence-corrected chi connectivity index (χ1v) is 20.4. The minimum atomic E-state index is -1.35. The van der Waals surface area contributed by atoms with E-state index in [0.717, 1.165) is 49.4 Å². The molecule has 0 aliphatic heterocycles. The summed E-state index contributed by atoms with van der Waals surface area (Å²) in [4.78, 5) is 54.2. The van der Waals surface area contributed by atoms with Crippen molar-refractivity contribution >= 4 is 24.3 Å². The Morgan fingerprint density at radius 1 is 0.705 bits per heavy atom. The molecule has 1 atom stereocenters. The molecule has 1 unspecified atom stereocenters. The molecule has 0 spiro atoms. The van der Waals surface area contributed by atoms with Gasteiger partial charge in [-0.25, -0.2) is 19.2 Å². The van der Waals surface area contributed by atoms with Gasteiger partial charge in [0.2, 0.25) is 0 Å². The van der Waals surface area contributed by atoms with Gasteiger partial charge in [0, 0.05) is 30.0 Å². The molecule has 7 rings (SSSR count). The van der Waals surface area contributed by atoms with Gasteiger partial charge in [-0.1, -0.05) is 97.1 Å². The monoisotopic (exact) mass is 826 g/mol. The number of carboxylic acids is 1. The van der Waals surface area contributed by atoms with E-state index >= 15 is 0 Å². The second-order valence-electron chi connectivity index (χ2n) is 16.1. The van der Waals surface area contributed by atoms with Crippen LogP contribution in [0.1, 0.15) is 79.7 Å². The Kier molecular flexibility index (Phi) is 12.9. The minimum absolute atomic E-state index is 0.0158. The van der Waals surface area contributed by atoms with E-state index in [-0.39, 0.29) is 50.3 Å². The van der Waals surface area contributed by atoms with Gasteiger partial charge in [0.1, 0.15) is 36.4 Å². The molecule has 5 aromatic carbocycles. The Bertz CT molecular complexity index is 2310. The van der Waals surface area contributed by atoms with Gasteiger partial charge in [-0.2, -0.15) is 0 Å². The fraction of sp³-hybridized carbons (Fsp3) is 0.306. The molecule has 61 heavy (non-hydrogen) atoms. The third kappa shape index (κ3) is 9.81. The summed E-state index contributed by atoms with van der Waals surface area (Å²) >= 11 is 0. The van der Waals surface area contributed by atoms with Gasteiger partial charge in [-0.15, -0.1) is 0 Å². The third-order valence-corrected chi connectivity index (χ3v) is 10.9. The number of nitrogens with one attached hydrogen (secondary N) is 1. The number of alkyl carbamates (subject to hydrolysis) is 1. The van der Waals surface area contributed by atoms with E-state index in [1.54, 1.807) is 32.9 Å². The number of unbranched alkanes of at least 4 members (excludes halogenated alkanes) is 1. The largest absolute Gasteiger partial charge is 0.513 e. The van der Waals surface area contributed by atoms with Crippen LogP contribution in [0.3, 0.4) is 0 Å². The molecule has 0 saturated carbocycles. The molecule has 12 heteroatoms. The normalized spacial score (nSPS) is 13.2. The van der Waals surface area contributed by atoms with Crippen LogP contribution in [-0.2, 0) is 25.5 Å². The van der Waals surface area contributed by atoms with Crippen molar-refractivity contribution in [2.45, 2.75) is 70.1 Å². The number of ether oxygens (including phenoxy) is 5.